The molecule has 2 aromatic rings. The topological polar surface area (TPSA) is 53.9 Å². The van der Waals surface area contributed by atoms with Gasteiger partial charge < -0.3 is 15.1 Å². The lowest BCUT2D eigenvalue weighted by molar-refractivity contribution is -0.0544. The molecule has 146 valence electrons. The van der Waals surface area contributed by atoms with Crippen LogP contribution in [0, 0.1) is 0 Å². The van der Waals surface area contributed by atoms with Gasteiger partial charge in [0, 0.05) is 48.0 Å². The second-order valence-corrected chi connectivity index (χ2v) is 8.46. The summed E-state index contributed by atoms with van der Waals surface area (Å²) in [5, 5.41) is 8.03. The van der Waals surface area contributed by atoms with Gasteiger partial charge in [-0.25, -0.2) is 4.79 Å². The average molecular weight is 416 g/mol. The molecule has 1 fully saturated rings. The minimum atomic E-state index is -0.301. The Hall–Kier alpha value is -2.18. The Balaban J connectivity index is 1.33. The van der Waals surface area contributed by atoms with Crippen molar-refractivity contribution in [2.45, 2.75) is 29.8 Å². The summed E-state index contributed by atoms with van der Waals surface area (Å²) >= 11 is 7.62. The van der Waals surface area contributed by atoms with Crippen molar-refractivity contribution >= 4 is 40.8 Å². The van der Waals surface area contributed by atoms with Crippen LogP contribution < -0.4 is 5.32 Å². The molecule has 1 N–H and O–H groups in total. The molecule has 0 unspecified atom stereocenters. The number of benzene rings is 2. The fourth-order valence-corrected chi connectivity index (χ4v) is 4.19. The molecular weight excluding hydrogens is 394 g/mol. The molecule has 0 aliphatic carbocycles. The summed E-state index contributed by atoms with van der Waals surface area (Å²) in [4.78, 5) is 21.4. The number of urea groups is 1. The molecule has 2 aliphatic heterocycles. The van der Waals surface area contributed by atoms with Crippen molar-refractivity contribution in [3.8, 4) is 0 Å². The van der Waals surface area contributed by atoms with E-state index in [4.69, 9.17) is 16.4 Å². The fraction of sp³-hybridized carbons (Fsp3) is 0.333. The number of hydrogen-bond acceptors (Lipinski definition) is 4. The highest BCUT2D eigenvalue weighted by molar-refractivity contribution is 7.98. The second-order valence-electron chi connectivity index (χ2n) is 7.15. The third kappa shape index (κ3) is 4.13. The van der Waals surface area contributed by atoms with Crippen LogP contribution in [-0.2, 0) is 4.84 Å². The van der Waals surface area contributed by atoms with E-state index in [1.807, 2.05) is 59.7 Å². The predicted molar refractivity (Wildman–Crippen MR) is 114 cm³/mol. The van der Waals surface area contributed by atoms with Crippen molar-refractivity contribution in [3.05, 3.63) is 59.1 Å². The van der Waals surface area contributed by atoms with Crippen LogP contribution in [0.2, 0.25) is 5.02 Å². The van der Waals surface area contributed by atoms with Gasteiger partial charge in [-0.3, -0.25) is 0 Å². The number of carbonyl (C=O) groups is 1. The van der Waals surface area contributed by atoms with Gasteiger partial charge in [0.15, 0.2) is 0 Å². The van der Waals surface area contributed by atoms with Gasteiger partial charge in [-0.15, -0.1) is 11.8 Å². The van der Waals surface area contributed by atoms with Crippen molar-refractivity contribution in [3.63, 3.8) is 0 Å². The number of oxime groups is 1. The number of likely N-dealkylation sites (tertiary alicyclic amines) is 1. The number of halogens is 1. The monoisotopic (exact) mass is 415 g/mol. The van der Waals surface area contributed by atoms with Crippen LogP contribution in [0.5, 0.6) is 0 Å². The highest BCUT2D eigenvalue weighted by Gasteiger charge is 2.43. The lowest BCUT2D eigenvalue weighted by Gasteiger charge is -2.37. The van der Waals surface area contributed by atoms with Gasteiger partial charge in [0.2, 0.25) is 0 Å². The van der Waals surface area contributed by atoms with Crippen molar-refractivity contribution in [2.24, 2.45) is 5.16 Å². The van der Waals surface area contributed by atoms with Crippen LogP contribution in [0.4, 0.5) is 10.5 Å². The predicted octanol–water partition coefficient (Wildman–Crippen LogP) is 5.25. The van der Waals surface area contributed by atoms with Gasteiger partial charge in [0.25, 0.3) is 0 Å². The van der Waals surface area contributed by atoms with E-state index >= 15 is 0 Å². The molecule has 0 bridgehead atoms. The maximum atomic E-state index is 12.6. The van der Waals surface area contributed by atoms with Crippen LogP contribution in [-0.4, -0.2) is 41.6 Å². The number of nitrogens with zero attached hydrogens (tertiary/aromatic N) is 2. The number of carbonyl (C=O) groups excluding carboxylic acids is 1. The molecular formula is C21H22ClN3O2S. The highest BCUT2D eigenvalue weighted by Crippen LogP contribution is 2.36. The number of anilines is 1. The van der Waals surface area contributed by atoms with Gasteiger partial charge in [-0.05, 0) is 42.2 Å². The van der Waals surface area contributed by atoms with Gasteiger partial charge in [0.05, 0.1) is 5.71 Å². The highest BCUT2D eigenvalue weighted by atomic mass is 35.5. The summed E-state index contributed by atoms with van der Waals surface area (Å²) in [6.07, 6.45) is 4.32. The smallest absolute Gasteiger partial charge is 0.321 e. The second kappa shape index (κ2) is 8.05. The molecule has 0 aromatic heterocycles. The van der Waals surface area contributed by atoms with Crippen molar-refractivity contribution in [2.75, 3.05) is 24.7 Å². The van der Waals surface area contributed by atoms with Crippen LogP contribution in [0.3, 0.4) is 0 Å². The molecule has 2 aliphatic rings. The van der Waals surface area contributed by atoms with Crippen LogP contribution in [0.25, 0.3) is 0 Å². The van der Waals surface area contributed by atoms with E-state index in [0.717, 1.165) is 41.1 Å². The number of nitrogens with one attached hydrogen (secondary N) is 1. The number of hydrogen-bond donors (Lipinski definition) is 1. The van der Waals surface area contributed by atoms with Gasteiger partial charge in [-0.2, -0.15) is 0 Å². The van der Waals surface area contributed by atoms with Gasteiger partial charge in [-0.1, -0.05) is 35.0 Å². The van der Waals surface area contributed by atoms with Crippen LogP contribution >= 0.6 is 23.4 Å². The molecule has 0 atom stereocenters. The fourth-order valence-electron chi connectivity index (χ4n) is 3.61. The zero-order chi connectivity index (χ0) is 19.6. The Morgan fingerprint density at radius 3 is 2.68 bits per heavy atom. The first kappa shape index (κ1) is 19.2. The molecule has 4 rings (SSSR count). The molecule has 7 heteroatoms. The zero-order valence-corrected chi connectivity index (χ0v) is 17.2. The first-order valence-corrected chi connectivity index (χ1v) is 10.9. The minimum Gasteiger partial charge on any atom is -0.388 e. The SMILES string of the molecule is CSc1cccc(NC(=O)N2CCC3(CC2)CC(c2ccc(Cl)cc2)=NO3)c1. The number of rotatable bonds is 3. The van der Waals surface area contributed by atoms with E-state index in [0.29, 0.717) is 18.1 Å². The van der Waals surface area contributed by atoms with E-state index in [1.54, 1.807) is 11.8 Å². The van der Waals surface area contributed by atoms with E-state index < -0.39 is 0 Å². The molecule has 2 heterocycles. The Morgan fingerprint density at radius 2 is 1.96 bits per heavy atom. The third-order valence-electron chi connectivity index (χ3n) is 5.30. The van der Waals surface area contributed by atoms with E-state index in [-0.39, 0.29) is 11.6 Å². The summed E-state index contributed by atoms with van der Waals surface area (Å²) in [7, 11) is 0. The Morgan fingerprint density at radius 1 is 1.21 bits per heavy atom. The quantitative estimate of drug-likeness (QED) is 0.696. The molecule has 2 amide bonds. The minimum absolute atomic E-state index is 0.0649. The normalized spacial score (nSPS) is 17.9. The maximum absolute atomic E-state index is 12.6. The van der Waals surface area contributed by atoms with Crippen molar-refractivity contribution < 1.29 is 9.63 Å². The number of amides is 2. The molecule has 0 radical (unpaired) electrons. The Bertz CT molecular complexity index is 893. The van der Waals surface area contributed by atoms with Crippen LogP contribution in [0.1, 0.15) is 24.8 Å². The van der Waals surface area contributed by atoms with E-state index in [2.05, 4.69) is 10.5 Å². The average Bonchev–Trinajstić information content (AvgIpc) is 3.12. The summed E-state index contributed by atoms with van der Waals surface area (Å²) in [6.45, 7) is 1.30. The van der Waals surface area contributed by atoms with Crippen molar-refractivity contribution in [1.82, 2.24) is 4.90 Å². The largest absolute Gasteiger partial charge is 0.388 e. The van der Waals surface area contributed by atoms with Gasteiger partial charge in [0.1, 0.15) is 5.60 Å². The lowest BCUT2D eigenvalue weighted by atomic mass is 9.85. The summed E-state index contributed by atoms with van der Waals surface area (Å²) < 4.78 is 0. The summed E-state index contributed by atoms with van der Waals surface area (Å²) in [6, 6.07) is 15.5. The standard InChI is InChI=1S/C21H22ClN3O2S/c1-28-18-4-2-3-17(13-18)23-20(26)25-11-9-21(10-12-25)14-19(24-27-21)15-5-7-16(22)8-6-15/h2-8,13H,9-12,14H2,1H3,(H,23,26). The third-order valence-corrected chi connectivity index (χ3v) is 6.28. The molecule has 5 nitrogen and oxygen atoms in total. The molecule has 28 heavy (non-hydrogen) atoms. The molecule has 0 saturated carbocycles. The molecule has 1 spiro atoms. The zero-order valence-electron chi connectivity index (χ0n) is 15.7. The maximum Gasteiger partial charge on any atom is 0.321 e. The van der Waals surface area contributed by atoms with Crippen molar-refractivity contribution in [1.29, 1.82) is 0 Å². The molecule has 2 aromatic carbocycles. The van der Waals surface area contributed by atoms with E-state index in [1.165, 1.54) is 0 Å². The van der Waals surface area contributed by atoms with E-state index in [9.17, 15) is 4.79 Å². The summed E-state index contributed by atoms with van der Waals surface area (Å²) in [5.74, 6) is 0. The van der Waals surface area contributed by atoms with Gasteiger partial charge >= 0.3 is 6.03 Å². The number of piperidine rings is 1. The Labute approximate surface area is 174 Å². The first-order chi connectivity index (χ1) is 13.6. The van der Waals surface area contributed by atoms with Crippen LogP contribution in [0.15, 0.2) is 58.6 Å². The Kier molecular flexibility index (Phi) is 5.51. The first-order valence-electron chi connectivity index (χ1n) is 9.28. The lowest BCUT2D eigenvalue weighted by Crippen LogP contribution is -2.48. The summed E-state index contributed by atoms with van der Waals surface area (Å²) in [5.41, 5.74) is 2.51. The number of thioether (sulfide) groups is 1. The molecule has 1 saturated heterocycles.